The zero-order chi connectivity index (χ0) is 17.1. The van der Waals surface area contributed by atoms with Gasteiger partial charge in [0.25, 0.3) is 0 Å². The Balaban J connectivity index is 0.000000253. The minimum Gasteiger partial charge on any atom is -0.378 e. The first-order chi connectivity index (χ1) is 11.1. The van der Waals surface area contributed by atoms with Crippen LogP contribution in [0.4, 0.5) is 5.69 Å². The Kier molecular flexibility index (Phi) is 7.88. The van der Waals surface area contributed by atoms with Crippen LogP contribution in [0.3, 0.4) is 0 Å². The van der Waals surface area contributed by atoms with Crippen LogP contribution in [0.25, 0.3) is 6.08 Å². The number of hydrogen-bond acceptors (Lipinski definition) is 3. The highest BCUT2D eigenvalue weighted by Gasteiger charge is 2.04. The zero-order valence-electron chi connectivity index (χ0n) is 13.9. The van der Waals surface area contributed by atoms with E-state index in [-0.39, 0.29) is 12.2 Å². The van der Waals surface area contributed by atoms with Crippen molar-refractivity contribution in [2.45, 2.75) is 13.3 Å². The highest BCUT2D eigenvalue weighted by Crippen LogP contribution is 2.13. The molecule has 3 heteroatoms. The summed E-state index contributed by atoms with van der Waals surface area (Å²) in [5.41, 5.74) is 2.90. The quantitative estimate of drug-likeness (QED) is 0.777. The first-order valence-electron chi connectivity index (χ1n) is 7.43. The summed E-state index contributed by atoms with van der Waals surface area (Å²) < 4.78 is 0. The lowest BCUT2D eigenvalue weighted by molar-refractivity contribution is 0.0998. The van der Waals surface area contributed by atoms with E-state index < -0.39 is 0 Å². The maximum absolute atomic E-state index is 11.3. The molecular weight excluding hydrogens is 284 g/mol. The molecule has 0 unspecified atom stereocenters. The summed E-state index contributed by atoms with van der Waals surface area (Å²) in [6.07, 6.45) is 4.07. The molecule has 0 heterocycles. The van der Waals surface area contributed by atoms with Gasteiger partial charge in [-0.25, -0.2) is 0 Å². The molecule has 0 atom stereocenters. The van der Waals surface area contributed by atoms with E-state index in [0.717, 1.165) is 5.69 Å². The molecule has 0 aliphatic heterocycles. The van der Waals surface area contributed by atoms with E-state index in [9.17, 15) is 4.79 Å². The molecule has 0 aliphatic rings. The Morgan fingerprint density at radius 2 is 1.70 bits per heavy atom. The van der Waals surface area contributed by atoms with E-state index >= 15 is 0 Å². The number of allylic oxidation sites excluding steroid dienone is 1. The summed E-state index contributed by atoms with van der Waals surface area (Å²) in [5, 5.41) is 8.36. The molecule has 0 fully saturated rings. The summed E-state index contributed by atoms with van der Waals surface area (Å²) in [6.45, 7) is 2.02. The third-order valence-corrected chi connectivity index (χ3v) is 3.10. The highest BCUT2D eigenvalue weighted by molar-refractivity contribution is 5.97. The SMILES string of the molecule is CC=Cc1ccccc1.CN(C)c1ccc(C(=O)CC#N)cc1. The molecule has 23 heavy (non-hydrogen) atoms. The highest BCUT2D eigenvalue weighted by atomic mass is 16.1. The van der Waals surface area contributed by atoms with Crippen LogP contribution in [-0.4, -0.2) is 19.9 Å². The fourth-order valence-corrected chi connectivity index (χ4v) is 1.88. The Morgan fingerprint density at radius 3 is 2.17 bits per heavy atom. The molecule has 0 saturated heterocycles. The Labute approximate surface area is 138 Å². The maximum atomic E-state index is 11.3. The topological polar surface area (TPSA) is 44.1 Å². The molecule has 0 saturated carbocycles. The maximum Gasteiger partial charge on any atom is 0.176 e. The predicted molar refractivity (Wildman–Crippen MR) is 96.5 cm³/mol. The molecule has 3 nitrogen and oxygen atoms in total. The lowest BCUT2D eigenvalue weighted by Crippen LogP contribution is -2.08. The van der Waals surface area contributed by atoms with Crippen molar-refractivity contribution in [3.05, 3.63) is 71.8 Å². The molecule has 0 aromatic heterocycles. The number of nitrogens with zero attached hydrogens (tertiary/aromatic N) is 2. The fourth-order valence-electron chi connectivity index (χ4n) is 1.88. The number of carbonyl (C=O) groups is 1. The van der Waals surface area contributed by atoms with E-state index in [1.54, 1.807) is 12.1 Å². The van der Waals surface area contributed by atoms with E-state index in [0.29, 0.717) is 5.56 Å². The van der Waals surface area contributed by atoms with Crippen molar-refractivity contribution in [1.82, 2.24) is 0 Å². The third kappa shape index (κ3) is 6.62. The van der Waals surface area contributed by atoms with Crippen LogP contribution in [0.15, 0.2) is 60.7 Å². The van der Waals surface area contributed by atoms with Crippen LogP contribution in [0.5, 0.6) is 0 Å². The monoisotopic (exact) mass is 306 g/mol. The van der Waals surface area contributed by atoms with Crippen LogP contribution in [0.1, 0.15) is 29.3 Å². The number of carbonyl (C=O) groups excluding carboxylic acids is 1. The summed E-state index contributed by atoms with van der Waals surface area (Å²) in [4.78, 5) is 13.2. The number of anilines is 1. The van der Waals surface area contributed by atoms with Gasteiger partial charge < -0.3 is 4.90 Å². The second kappa shape index (κ2) is 9.97. The van der Waals surface area contributed by atoms with Gasteiger partial charge in [-0.3, -0.25) is 4.79 Å². The summed E-state index contributed by atoms with van der Waals surface area (Å²) in [7, 11) is 3.87. The minimum atomic E-state index is -0.127. The number of hydrogen-bond donors (Lipinski definition) is 0. The summed E-state index contributed by atoms with van der Waals surface area (Å²) >= 11 is 0. The lowest BCUT2D eigenvalue weighted by atomic mass is 10.1. The van der Waals surface area contributed by atoms with Crippen molar-refractivity contribution in [2.75, 3.05) is 19.0 Å². The third-order valence-electron chi connectivity index (χ3n) is 3.10. The summed E-state index contributed by atoms with van der Waals surface area (Å²) in [5.74, 6) is -0.127. The first kappa shape index (κ1) is 18.2. The second-order valence-corrected chi connectivity index (χ2v) is 5.11. The molecular formula is C20H22N2O. The van der Waals surface area contributed by atoms with E-state index in [2.05, 4.69) is 18.2 Å². The number of nitriles is 1. The molecule has 0 spiro atoms. The van der Waals surface area contributed by atoms with Crippen molar-refractivity contribution in [1.29, 1.82) is 5.26 Å². The smallest absolute Gasteiger partial charge is 0.176 e. The van der Waals surface area contributed by atoms with Gasteiger partial charge in [0.1, 0.15) is 0 Å². The molecule has 2 aromatic carbocycles. The molecule has 2 rings (SSSR count). The minimum absolute atomic E-state index is 0.0543. The molecule has 0 amide bonds. The standard InChI is InChI=1S/C11H12N2O.C9H10/c1-13(2)10-5-3-9(4-6-10)11(14)7-8-12;1-2-6-9-7-4-3-5-8-9/h3-6H,7H2,1-2H3;2-8H,1H3. The van der Waals surface area contributed by atoms with Crippen molar-refractivity contribution in [3.8, 4) is 6.07 Å². The molecule has 0 bridgehead atoms. The van der Waals surface area contributed by atoms with Gasteiger partial charge in [-0.15, -0.1) is 0 Å². The van der Waals surface area contributed by atoms with Crippen molar-refractivity contribution >= 4 is 17.5 Å². The van der Waals surface area contributed by atoms with Gasteiger partial charge in [0.05, 0.1) is 12.5 Å². The Hall–Kier alpha value is -2.86. The van der Waals surface area contributed by atoms with Gasteiger partial charge in [-0.2, -0.15) is 5.26 Å². The van der Waals surface area contributed by atoms with Crippen molar-refractivity contribution in [3.63, 3.8) is 0 Å². The zero-order valence-corrected chi connectivity index (χ0v) is 13.9. The van der Waals surface area contributed by atoms with Gasteiger partial charge in [-0.05, 0) is 36.8 Å². The van der Waals surface area contributed by atoms with Crippen LogP contribution in [-0.2, 0) is 0 Å². The first-order valence-corrected chi connectivity index (χ1v) is 7.43. The molecule has 0 N–H and O–H groups in total. The predicted octanol–water partition coefficient (Wildman–Crippen LogP) is 4.57. The number of Topliss-reactive ketones (excluding diaryl/α,β-unsaturated/α-hetero) is 1. The second-order valence-electron chi connectivity index (χ2n) is 5.11. The normalized spacial score (nSPS) is 9.65. The van der Waals surface area contributed by atoms with Crippen molar-refractivity contribution in [2.24, 2.45) is 0 Å². The molecule has 0 radical (unpaired) electrons. The molecule has 0 aliphatic carbocycles. The van der Waals surface area contributed by atoms with Gasteiger partial charge >= 0.3 is 0 Å². The average molecular weight is 306 g/mol. The Bertz CT molecular complexity index is 665. The number of benzene rings is 2. The van der Waals surface area contributed by atoms with E-state index in [4.69, 9.17) is 5.26 Å². The van der Waals surface area contributed by atoms with Gasteiger partial charge in [-0.1, -0.05) is 42.5 Å². The van der Waals surface area contributed by atoms with Gasteiger partial charge in [0.15, 0.2) is 5.78 Å². The van der Waals surface area contributed by atoms with Crippen LogP contribution in [0, 0.1) is 11.3 Å². The van der Waals surface area contributed by atoms with E-state index in [1.807, 2.05) is 68.4 Å². The number of ketones is 1. The van der Waals surface area contributed by atoms with Gasteiger partial charge in [0, 0.05) is 25.3 Å². The van der Waals surface area contributed by atoms with Crippen LogP contribution in [0.2, 0.25) is 0 Å². The number of rotatable bonds is 4. The Morgan fingerprint density at radius 1 is 1.09 bits per heavy atom. The molecule has 2 aromatic rings. The molecule has 118 valence electrons. The largest absolute Gasteiger partial charge is 0.378 e. The van der Waals surface area contributed by atoms with Crippen LogP contribution >= 0.6 is 0 Å². The van der Waals surface area contributed by atoms with E-state index in [1.165, 1.54) is 5.56 Å². The van der Waals surface area contributed by atoms with Gasteiger partial charge in [0.2, 0.25) is 0 Å². The fraction of sp³-hybridized carbons (Fsp3) is 0.200. The lowest BCUT2D eigenvalue weighted by Gasteiger charge is -2.11. The van der Waals surface area contributed by atoms with Crippen LogP contribution < -0.4 is 4.90 Å². The average Bonchev–Trinajstić information content (AvgIpc) is 2.57. The van der Waals surface area contributed by atoms with Crippen molar-refractivity contribution < 1.29 is 4.79 Å². The summed E-state index contributed by atoms with van der Waals surface area (Å²) in [6, 6.07) is 19.3.